The van der Waals surface area contributed by atoms with E-state index in [9.17, 15) is 0 Å². The van der Waals surface area contributed by atoms with Crippen molar-refractivity contribution in [3.8, 4) is 0 Å². The van der Waals surface area contributed by atoms with Crippen molar-refractivity contribution in [2.75, 3.05) is 5.75 Å². The first-order valence-electron chi connectivity index (χ1n) is 2.65. The standard InChI is InChI=1S/C5H11ClS/c1-2-3-4-5-7-6/h2-5H2,1H3. The molecule has 0 aromatic rings. The van der Waals surface area contributed by atoms with Crippen molar-refractivity contribution in [2.24, 2.45) is 0 Å². The first-order chi connectivity index (χ1) is 3.41. The van der Waals surface area contributed by atoms with Crippen LogP contribution in [0.5, 0.6) is 0 Å². The average molecular weight is 139 g/mol. The summed E-state index contributed by atoms with van der Waals surface area (Å²) in [6.45, 7) is 2.19. The minimum atomic E-state index is 1.11. The fraction of sp³-hybridized carbons (Fsp3) is 1.00. The van der Waals surface area contributed by atoms with Crippen molar-refractivity contribution in [3.05, 3.63) is 0 Å². The summed E-state index contributed by atoms with van der Waals surface area (Å²) >= 11 is 0. The highest BCUT2D eigenvalue weighted by Gasteiger charge is 1.81. The van der Waals surface area contributed by atoms with Gasteiger partial charge >= 0.3 is 0 Å². The van der Waals surface area contributed by atoms with Gasteiger partial charge in [-0.1, -0.05) is 30.7 Å². The molecule has 0 aliphatic rings. The topological polar surface area (TPSA) is 0 Å². The van der Waals surface area contributed by atoms with E-state index in [2.05, 4.69) is 6.92 Å². The summed E-state index contributed by atoms with van der Waals surface area (Å²) in [7, 11) is 6.77. The Morgan fingerprint density at radius 1 is 1.43 bits per heavy atom. The van der Waals surface area contributed by atoms with Crippen molar-refractivity contribution in [2.45, 2.75) is 26.2 Å². The predicted octanol–water partition coefficient (Wildman–Crippen LogP) is 3.06. The van der Waals surface area contributed by atoms with Gasteiger partial charge in [-0.15, -0.1) is 0 Å². The highest BCUT2D eigenvalue weighted by Crippen LogP contribution is 2.08. The zero-order chi connectivity index (χ0) is 5.54. The van der Waals surface area contributed by atoms with Gasteiger partial charge in [-0.2, -0.15) is 0 Å². The van der Waals surface area contributed by atoms with Crippen LogP contribution >= 0.6 is 21.7 Å². The Morgan fingerprint density at radius 2 is 2.14 bits per heavy atom. The van der Waals surface area contributed by atoms with Gasteiger partial charge in [0.1, 0.15) is 0 Å². The lowest BCUT2D eigenvalue weighted by atomic mass is 10.3. The first kappa shape index (κ1) is 7.64. The molecule has 0 fully saturated rings. The maximum atomic E-state index is 5.35. The van der Waals surface area contributed by atoms with Crippen LogP contribution in [0, 0.1) is 0 Å². The molecule has 0 rings (SSSR count). The zero-order valence-electron chi connectivity index (χ0n) is 4.61. The maximum absolute atomic E-state index is 5.35. The molecule has 0 nitrogen and oxygen atoms in total. The van der Waals surface area contributed by atoms with Crippen LogP contribution in [0.2, 0.25) is 0 Å². The Morgan fingerprint density at radius 3 is 2.57 bits per heavy atom. The van der Waals surface area contributed by atoms with Gasteiger partial charge in [-0.25, -0.2) is 0 Å². The summed E-state index contributed by atoms with van der Waals surface area (Å²) in [5.74, 6) is 1.11. The summed E-state index contributed by atoms with van der Waals surface area (Å²) < 4.78 is 0. The van der Waals surface area contributed by atoms with Gasteiger partial charge < -0.3 is 0 Å². The van der Waals surface area contributed by atoms with Gasteiger partial charge in [-0.05, 0) is 17.1 Å². The Kier molecular flexibility index (Phi) is 7.25. The molecular weight excluding hydrogens is 128 g/mol. The van der Waals surface area contributed by atoms with E-state index in [1.165, 1.54) is 30.2 Å². The minimum Gasteiger partial charge on any atom is -0.0654 e. The van der Waals surface area contributed by atoms with E-state index < -0.39 is 0 Å². The van der Waals surface area contributed by atoms with E-state index in [-0.39, 0.29) is 0 Å². The van der Waals surface area contributed by atoms with Crippen molar-refractivity contribution in [1.82, 2.24) is 0 Å². The van der Waals surface area contributed by atoms with Crippen molar-refractivity contribution in [3.63, 3.8) is 0 Å². The van der Waals surface area contributed by atoms with Crippen molar-refractivity contribution < 1.29 is 0 Å². The second-order valence-corrected chi connectivity index (χ2v) is 2.80. The van der Waals surface area contributed by atoms with Crippen LogP contribution in [0.3, 0.4) is 0 Å². The molecule has 0 bridgehead atoms. The van der Waals surface area contributed by atoms with Gasteiger partial charge in [-0.3, -0.25) is 0 Å². The molecular formula is C5H11ClS. The Bertz CT molecular complexity index is 27.3. The lowest BCUT2D eigenvalue weighted by Gasteiger charge is -1.89. The fourth-order valence-corrected chi connectivity index (χ4v) is 1.05. The van der Waals surface area contributed by atoms with E-state index in [0.29, 0.717) is 0 Å². The number of rotatable bonds is 4. The molecule has 0 amide bonds. The molecule has 44 valence electrons. The van der Waals surface area contributed by atoms with Crippen LogP contribution in [-0.4, -0.2) is 5.75 Å². The zero-order valence-corrected chi connectivity index (χ0v) is 6.19. The molecule has 2 heteroatoms. The number of unbranched alkanes of at least 4 members (excludes halogenated alkanes) is 2. The van der Waals surface area contributed by atoms with E-state index in [0.717, 1.165) is 5.75 Å². The lowest BCUT2D eigenvalue weighted by Crippen LogP contribution is -1.73. The summed E-state index contributed by atoms with van der Waals surface area (Å²) in [4.78, 5) is 0. The fourth-order valence-electron chi connectivity index (χ4n) is 0.407. The highest BCUT2D eigenvalue weighted by atomic mass is 35.7. The summed E-state index contributed by atoms with van der Waals surface area (Å²) in [5, 5.41) is 0. The van der Waals surface area contributed by atoms with Gasteiger partial charge in [0.2, 0.25) is 0 Å². The third-order valence-electron chi connectivity index (χ3n) is 0.825. The molecule has 0 N–H and O–H groups in total. The summed E-state index contributed by atoms with van der Waals surface area (Å²) in [6.07, 6.45) is 3.88. The molecule has 0 heterocycles. The number of halogens is 1. The molecule has 0 saturated carbocycles. The quantitative estimate of drug-likeness (QED) is 0.538. The smallest absolute Gasteiger partial charge is 0.00852 e. The van der Waals surface area contributed by atoms with Crippen LogP contribution in [0.25, 0.3) is 0 Å². The molecule has 0 unspecified atom stereocenters. The number of hydrogen-bond acceptors (Lipinski definition) is 1. The highest BCUT2D eigenvalue weighted by molar-refractivity contribution is 8.21. The van der Waals surface area contributed by atoms with Crippen molar-refractivity contribution in [1.29, 1.82) is 0 Å². The molecule has 0 aromatic heterocycles. The van der Waals surface area contributed by atoms with E-state index in [1.807, 2.05) is 0 Å². The molecule has 7 heavy (non-hydrogen) atoms. The molecule has 0 aromatic carbocycles. The first-order valence-corrected chi connectivity index (χ1v) is 4.46. The molecule has 0 aliphatic heterocycles. The monoisotopic (exact) mass is 138 g/mol. The molecule has 0 radical (unpaired) electrons. The normalized spacial score (nSPS) is 9.43. The van der Waals surface area contributed by atoms with Crippen LogP contribution < -0.4 is 0 Å². The van der Waals surface area contributed by atoms with Crippen LogP contribution in [0.1, 0.15) is 26.2 Å². The Hall–Kier alpha value is 0.640. The van der Waals surface area contributed by atoms with Crippen LogP contribution in [0.15, 0.2) is 0 Å². The number of hydrogen-bond donors (Lipinski definition) is 0. The molecule has 0 spiro atoms. The largest absolute Gasteiger partial charge is 0.0654 e. The van der Waals surface area contributed by atoms with E-state index >= 15 is 0 Å². The second kappa shape index (κ2) is 6.64. The van der Waals surface area contributed by atoms with Gasteiger partial charge in [0.05, 0.1) is 0 Å². The average Bonchev–Trinajstić information content (AvgIpc) is 1.69. The van der Waals surface area contributed by atoms with Crippen LogP contribution in [-0.2, 0) is 0 Å². The van der Waals surface area contributed by atoms with Gasteiger partial charge in [0, 0.05) is 5.75 Å². The third kappa shape index (κ3) is 6.64. The van der Waals surface area contributed by atoms with Crippen molar-refractivity contribution >= 4 is 21.7 Å². The van der Waals surface area contributed by atoms with E-state index in [4.69, 9.17) is 10.7 Å². The van der Waals surface area contributed by atoms with Gasteiger partial charge in [0.15, 0.2) is 0 Å². The molecule has 0 aliphatic carbocycles. The van der Waals surface area contributed by atoms with Gasteiger partial charge in [0.25, 0.3) is 0 Å². The Labute approximate surface area is 54.1 Å². The third-order valence-corrected chi connectivity index (χ3v) is 1.73. The second-order valence-electron chi connectivity index (χ2n) is 1.52. The minimum absolute atomic E-state index is 1.11. The summed E-state index contributed by atoms with van der Waals surface area (Å²) in [6, 6.07) is 0. The van der Waals surface area contributed by atoms with Crippen LogP contribution in [0.4, 0.5) is 0 Å². The predicted molar refractivity (Wildman–Crippen MR) is 37.8 cm³/mol. The maximum Gasteiger partial charge on any atom is 0.00852 e. The Balaban J connectivity index is 2.45. The summed E-state index contributed by atoms with van der Waals surface area (Å²) in [5.41, 5.74) is 0. The SMILES string of the molecule is CCCCCSCl. The van der Waals surface area contributed by atoms with E-state index in [1.54, 1.807) is 0 Å². The molecule has 0 saturated heterocycles. The lowest BCUT2D eigenvalue weighted by molar-refractivity contribution is 0.779. The molecule has 0 atom stereocenters.